The Morgan fingerprint density at radius 2 is 2.12 bits per heavy atom. The Morgan fingerprint density at radius 3 is 2.53 bits per heavy atom. The van der Waals surface area contributed by atoms with Gasteiger partial charge in [-0.2, -0.15) is 0 Å². The van der Waals surface area contributed by atoms with Crippen LogP contribution in [0, 0.1) is 0 Å². The van der Waals surface area contributed by atoms with Crippen molar-refractivity contribution in [1.29, 1.82) is 0 Å². The lowest BCUT2D eigenvalue weighted by Crippen LogP contribution is -2.43. The molecule has 8 nitrogen and oxygen atoms in total. The lowest BCUT2D eigenvalue weighted by atomic mass is 10.2. The van der Waals surface area contributed by atoms with Gasteiger partial charge in [0.25, 0.3) is 5.91 Å². The first kappa shape index (κ1) is 13.1. The van der Waals surface area contributed by atoms with Crippen molar-refractivity contribution in [3.05, 3.63) is 11.6 Å². The van der Waals surface area contributed by atoms with Crippen LogP contribution in [0.1, 0.15) is 36.2 Å². The number of aliphatic hydroxyl groups is 1. The van der Waals surface area contributed by atoms with E-state index >= 15 is 0 Å². The van der Waals surface area contributed by atoms with E-state index < -0.39 is 24.5 Å². The molecule has 0 aliphatic rings. The largest absolute Gasteiger partial charge is 0.480 e. The van der Waals surface area contributed by atoms with E-state index in [1.165, 1.54) is 0 Å². The first-order valence-electron chi connectivity index (χ1n) is 5.02. The summed E-state index contributed by atoms with van der Waals surface area (Å²) in [7, 11) is 0. The second-order valence-corrected chi connectivity index (χ2v) is 3.75. The standard InChI is InChI=1S/C9H14N4O4/c1-4(2)6-11-7(13-12-6)8(15)10-5(3-14)9(16)17/h4-5,14H,3H2,1-2H3,(H,10,15)(H,16,17)(H,11,12,13)/t5-/m0/s1. The maximum absolute atomic E-state index is 11.5. The molecule has 1 amide bonds. The molecule has 0 saturated heterocycles. The van der Waals surface area contributed by atoms with Crippen LogP contribution in [-0.4, -0.2) is 49.9 Å². The molecule has 4 N–H and O–H groups in total. The van der Waals surface area contributed by atoms with E-state index in [1.807, 2.05) is 13.8 Å². The Balaban J connectivity index is 2.72. The highest BCUT2D eigenvalue weighted by Gasteiger charge is 2.22. The summed E-state index contributed by atoms with van der Waals surface area (Å²) in [5.41, 5.74) is 0. The third-order valence-electron chi connectivity index (χ3n) is 2.04. The van der Waals surface area contributed by atoms with E-state index in [1.54, 1.807) is 0 Å². The normalized spacial score (nSPS) is 12.5. The minimum atomic E-state index is -1.36. The summed E-state index contributed by atoms with van der Waals surface area (Å²) in [6.45, 7) is 3.05. The van der Waals surface area contributed by atoms with Crippen molar-refractivity contribution in [1.82, 2.24) is 20.5 Å². The summed E-state index contributed by atoms with van der Waals surface area (Å²) in [4.78, 5) is 26.0. The van der Waals surface area contributed by atoms with Gasteiger partial charge < -0.3 is 15.5 Å². The number of aliphatic hydroxyl groups excluding tert-OH is 1. The molecule has 8 heteroatoms. The quantitative estimate of drug-likeness (QED) is 0.530. The molecule has 0 aliphatic carbocycles. The van der Waals surface area contributed by atoms with Crippen molar-refractivity contribution >= 4 is 11.9 Å². The number of aliphatic carboxylic acids is 1. The minimum Gasteiger partial charge on any atom is -0.480 e. The summed E-state index contributed by atoms with van der Waals surface area (Å²) in [6, 6.07) is -1.36. The second kappa shape index (κ2) is 5.39. The number of hydrogen-bond acceptors (Lipinski definition) is 5. The molecule has 1 heterocycles. The second-order valence-electron chi connectivity index (χ2n) is 3.75. The van der Waals surface area contributed by atoms with E-state index in [2.05, 4.69) is 20.5 Å². The molecule has 1 aromatic rings. The number of rotatable bonds is 5. The summed E-state index contributed by atoms with van der Waals surface area (Å²) in [5.74, 6) is -1.59. The molecule has 0 bridgehead atoms. The highest BCUT2D eigenvalue weighted by atomic mass is 16.4. The molecule has 1 atom stereocenters. The molecule has 1 rings (SSSR count). The number of carbonyl (C=O) groups excluding carboxylic acids is 1. The lowest BCUT2D eigenvalue weighted by molar-refractivity contribution is -0.140. The van der Waals surface area contributed by atoms with Crippen LogP contribution >= 0.6 is 0 Å². The Kier molecular flexibility index (Phi) is 4.16. The van der Waals surface area contributed by atoms with Gasteiger partial charge in [-0.1, -0.05) is 13.8 Å². The van der Waals surface area contributed by atoms with E-state index in [0.717, 1.165) is 0 Å². The van der Waals surface area contributed by atoms with Crippen LogP contribution in [0.5, 0.6) is 0 Å². The Bertz CT molecular complexity index is 415. The van der Waals surface area contributed by atoms with Gasteiger partial charge in [-0.15, -0.1) is 5.10 Å². The number of nitrogens with zero attached hydrogens (tertiary/aromatic N) is 2. The van der Waals surface area contributed by atoms with Gasteiger partial charge in [0, 0.05) is 5.92 Å². The fourth-order valence-electron chi connectivity index (χ4n) is 1.04. The van der Waals surface area contributed by atoms with Gasteiger partial charge in [0.05, 0.1) is 6.61 Å². The van der Waals surface area contributed by atoms with Crippen LogP contribution in [-0.2, 0) is 4.79 Å². The fraction of sp³-hybridized carbons (Fsp3) is 0.556. The number of H-pyrrole nitrogens is 1. The summed E-state index contributed by atoms with van der Waals surface area (Å²) < 4.78 is 0. The number of hydrogen-bond donors (Lipinski definition) is 4. The van der Waals surface area contributed by atoms with Crippen molar-refractivity contribution in [2.75, 3.05) is 6.61 Å². The molecular weight excluding hydrogens is 228 g/mol. The third kappa shape index (κ3) is 3.25. The molecule has 0 aliphatic heterocycles. The Labute approximate surface area is 97.1 Å². The van der Waals surface area contributed by atoms with E-state index in [9.17, 15) is 9.59 Å². The maximum Gasteiger partial charge on any atom is 0.328 e. The number of nitrogens with one attached hydrogen (secondary N) is 2. The van der Waals surface area contributed by atoms with Gasteiger partial charge in [-0.3, -0.25) is 9.89 Å². The number of aromatic amines is 1. The van der Waals surface area contributed by atoms with Crippen LogP contribution < -0.4 is 5.32 Å². The van der Waals surface area contributed by atoms with E-state index in [4.69, 9.17) is 10.2 Å². The van der Waals surface area contributed by atoms with Gasteiger partial charge in [0.2, 0.25) is 5.82 Å². The topological polar surface area (TPSA) is 128 Å². The van der Waals surface area contributed by atoms with Crippen LogP contribution in [0.25, 0.3) is 0 Å². The van der Waals surface area contributed by atoms with Crippen LogP contribution in [0.2, 0.25) is 0 Å². The molecular formula is C9H14N4O4. The number of aromatic nitrogens is 3. The van der Waals surface area contributed by atoms with Crippen molar-refractivity contribution in [3.63, 3.8) is 0 Å². The zero-order valence-electron chi connectivity index (χ0n) is 9.47. The molecule has 17 heavy (non-hydrogen) atoms. The molecule has 0 saturated carbocycles. The molecule has 0 fully saturated rings. The maximum atomic E-state index is 11.5. The predicted octanol–water partition coefficient (Wildman–Crippen LogP) is -0.897. The fourth-order valence-corrected chi connectivity index (χ4v) is 1.04. The lowest BCUT2D eigenvalue weighted by Gasteiger charge is -2.09. The molecule has 94 valence electrons. The van der Waals surface area contributed by atoms with Gasteiger partial charge in [0.1, 0.15) is 5.82 Å². The number of carboxylic acid groups (broad SMARTS) is 1. The van der Waals surface area contributed by atoms with E-state index in [0.29, 0.717) is 5.82 Å². The molecule has 0 radical (unpaired) electrons. The number of carbonyl (C=O) groups is 2. The predicted molar refractivity (Wildman–Crippen MR) is 56.4 cm³/mol. The van der Waals surface area contributed by atoms with Crippen LogP contribution in [0.4, 0.5) is 0 Å². The molecule has 0 unspecified atom stereocenters. The van der Waals surface area contributed by atoms with Gasteiger partial charge in [0.15, 0.2) is 6.04 Å². The average Bonchev–Trinajstić information content (AvgIpc) is 2.74. The number of amides is 1. The van der Waals surface area contributed by atoms with Crippen molar-refractivity contribution in [2.24, 2.45) is 0 Å². The summed E-state index contributed by atoms with van der Waals surface area (Å²) in [5, 5.41) is 25.7. The average molecular weight is 242 g/mol. The Hall–Kier alpha value is -1.96. The third-order valence-corrected chi connectivity index (χ3v) is 2.04. The SMILES string of the molecule is CC(C)c1nc(C(=O)N[C@@H](CO)C(=O)O)n[nH]1. The summed E-state index contributed by atoms with van der Waals surface area (Å²) in [6.07, 6.45) is 0. The smallest absolute Gasteiger partial charge is 0.328 e. The van der Waals surface area contributed by atoms with Gasteiger partial charge in [-0.25, -0.2) is 9.78 Å². The zero-order chi connectivity index (χ0) is 13.0. The summed E-state index contributed by atoms with van der Waals surface area (Å²) >= 11 is 0. The first-order valence-corrected chi connectivity index (χ1v) is 5.02. The Morgan fingerprint density at radius 1 is 1.47 bits per heavy atom. The first-order chi connectivity index (χ1) is 7.95. The van der Waals surface area contributed by atoms with E-state index in [-0.39, 0.29) is 11.7 Å². The van der Waals surface area contributed by atoms with Gasteiger partial charge in [-0.05, 0) is 0 Å². The highest BCUT2D eigenvalue weighted by Crippen LogP contribution is 2.07. The van der Waals surface area contributed by atoms with Crippen molar-refractivity contribution < 1.29 is 19.8 Å². The monoisotopic (exact) mass is 242 g/mol. The molecule has 1 aromatic heterocycles. The van der Waals surface area contributed by atoms with Crippen LogP contribution in [0.15, 0.2) is 0 Å². The van der Waals surface area contributed by atoms with Gasteiger partial charge >= 0.3 is 5.97 Å². The zero-order valence-corrected chi connectivity index (χ0v) is 9.47. The molecule has 0 aromatic carbocycles. The van der Waals surface area contributed by atoms with Crippen molar-refractivity contribution in [2.45, 2.75) is 25.8 Å². The van der Waals surface area contributed by atoms with Crippen molar-refractivity contribution in [3.8, 4) is 0 Å². The molecule has 0 spiro atoms. The number of carboxylic acids is 1. The van der Waals surface area contributed by atoms with Crippen LogP contribution in [0.3, 0.4) is 0 Å². The minimum absolute atomic E-state index is 0.0807. The highest BCUT2D eigenvalue weighted by molar-refractivity contribution is 5.93.